The van der Waals surface area contributed by atoms with Crippen LogP contribution in [0.4, 0.5) is 4.39 Å². The van der Waals surface area contributed by atoms with E-state index < -0.39 is 5.97 Å². The summed E-state index contributed by atoms with van der Waals surface area (Å²) in [5.74, 6) is -1.16. The van der Waals surface area contributed by atoms with Crippen molar-refractivity contribution in [2.45, 2.75) is 45.6 Å². The fourth-order valence-electron chi connectivity index (χ4n) is 2.71. The highest BCUT2D eigenvalue weighted by atomic mass is 19.1. The van der Waals surface area contributed by atoms with Crippen molar-refractivity contribution < 1.29 is 14.3 Å². The van der Waals surface area contributed by atoms with Crippen LogP contribution >= 0.6 is 0 Å². The molecule has 1 atom stereocenters. The van der Waals surface area contributed by atoms with Gasteiger partial charge in [0.2, 0.25) is 0 Å². The molecule has 0 fully saturated rings. The van der Waals surface area contributed by atoms with E-state index in [4.69, 9.17) is 10.8 Å². The molecule has 0 aliphatic heterocycles. The van der Waals surface area contributed by atoms with Crippen molar-refractivity contribution >= 4 is 5.97 Å². The Balaban J connectivity index is 3.23. The van der Waals surface area contributed by atoms with Crippen LogP contribution < -0.4 is 5.73 Å². The van der Waals surface area contributed by atoms with Crippen LogP contribution in [-0.4, -0.2) is 11.1 Å². The number of benzene rings is 1. The molecule has 19 heavy (non-hydrogen) atoms. The molecule has 0 amide bonds. The Kier molecular flexibility index (Phi) is 5.96. The summed E-state index contributed by atoms with van der Waals surface area (Å²) in [6.07, 6.45) is 1.76. The zero-order chi connectivity index (χ0) is 14.4. The molecule has 0 aliphatic rings. The molecule has 3 nitrogen and oxygen atoms in total. The van der Waals surface area contributed by atoms with Crippen molar-refractivity contribution in [2.75, 3.05) is 0 Å². The van der Waals surface area contributed by atoms with Crippen molar-refractivity contribution in [1.82, 2.24) is 0 Å². The van der Waals surface area contributed by atoms with Crippen LogP contribution in [0.15, 0.2) is 18.2 Å². The molecule has 0 spiro atoms. The van der Waals surface area contributed by atoms with Gasteiger partial charge in [-0.15, -0.1) is 0 Å². The summed E-state index contributed by atoms with van der Waals surface area (Å²) in [5.41, 5.74) is 6.81. The molecule has 0 aromatic heterocycles. The van der Waals surface area contributed by atoms with E-state index in [1.807, 2.05) is 13.8 Å². The maximum absolute atomic E-state index is 13.8. The minimum absolute atomic E-state index is 0.0167. The second kappa shape index (κ2) is 7.24. The third kappa shape index (κ3) is 3.77. The number of hydrogen-bond acceptors (Lipinski definition) is 2. The second-order valence-corrected chi connectivity index (χ2v) is 4.79. The van der Waals surface area contributed by atoms with Crippen LogP contribution in [0.2, 0.25) is 0 Å². The Morgan fingerprint density at radius 2 is 2.00 bits per heavy atom. The first-order valence-corrected chi connectivity index (χ1v) is 6.74. The molecule has 1 aromatic rings. The fourth-order valence-corrected chi connectivity index (χ4v) is 2.71. The van der Waals surface area contributed by atoms with Gasteiger partial charge in [-0.1, -0.05) is 38.8 Å². The van der Waals surface area contributed by atoms with Gasteiger partial charge < -0.3 is 10.8 Å². The topological polar surface area (TPSA) is 63.3 Å². The van der Waals surface area contributed by atoms with E-state index in [1.54, 1.807) is 12.1 Å². The monoisotopic (exact) mass is 267 g/mol. The summed E-state index contributed by atoms with van der Waals surface area (Å²) in [6, 6.07) is 4.80. The standard InChI is InChI=1S/C15H22FNO2/c1-3-10(4-2)12(8-15(18)19)11-6-5-7-14(16)13(11)9-17/h5-7,10,12H,3-4,8-9,17H2,1-2H3,(H,18,19). The van der Waals surface area contributed by atoms with E-state index >= 15 is 0 Å². The molecular formula is C15H22FNO2. The maximum atomic E-state index is 13.8. The third-order valence-electron chi connectivity index (χ3n) is 3.77. The number of carboxylic acid groups (broad SMARTS) is 1. The minimum Gasteiger partial charge on any atom is -0.481 e. The predicted octanol–water partition coefficient (Wildman–Crippen LogP) is 3.28. The minimum atomic E-state index is -0.857. The Morgan fingerprint density at radius 3 is 2.47 bits per heavy atom. The van der Waals surface area contributed by atoms with Crippen LogP contribution in [0.1, 0.15) is 50.2 Å². The van der Waals surface area contributed by atoms with Crippen LogP contribution in [-0.2, 0) is 11.3 Å². The van der Waals surface area contributed by atoms with Crippen molar-refractivity contribution in [1.29, 1.82) is 0 Å². The first-order valence-electron chi connectivity index (χ1n) is 6.74. The van der Waals surface area contributed by atoms with Crippen molar-refractivity contribution in [3.05, 3.63) is 35.1 Å². The summed E-state index contributed by atoms with van der Waals surface area (Å²) in [7, 11) is 0. The van der Waals surface area contributed by atoms with Gasteiger partial charge in [-0.2, -0.15) is 0 Å². The SMILES string of the molecule is CCC(CC)C(CC(=O)O)c1cccc(F)c1CN. The molecule has 0 saturated heterocycles. The summed E-state index contributed by atoms with van der Waals surface area (Å²) in [5, 5.41) is 9.09. The lowest BCUT2D eigenvalue weighted by molar-refractivity contribution is -0.137. The number of carboxylic acids is 1. The largest absolute Gasteiger partial charge is 0.481 e. The fraction of sp³-hybridized carbons (Fsp3) is 0.533. The lowest BCUT2D eigenvalue weighted by Crippen LogP contribution is -2.19. The van der Waals surface area contributed by atoms with Crippen molar-refractivity contribution in [2.24, 2.45) is 11.7 Å². The van der Waals surface area contributed by atoms with E-state index in [1.165, 1.54) is 6.07 Å². The quantitative estimate of drug-likeness (QED) is 0.797. The van der Waals surface area contributed by atoms with Gasteiger partial charge in [0.15, 0.2) is 0 Å². The molecule has 0 heterocycles. The Morgan fingerprint density at radius 1 is 1.37 bits per heavy atom. The summed E-state index contributed by atoms with van der Waals surface area (Å²) < 4.78 is 13.8. The highest BCUT2D eigenvalue weighted by Gasteiger charge is 2.26. The summed E-state index contributed by atoms with van der Waals surface area (Å²) in [6.45, 7) is 4.16. The van der Waals surface area contributed by atoms with Crippen LogP contribution in [0.3, 0.4) is 0 Å². The van der Waals surface area contributed by atoms with Gasteiger partial charge in [0.25, 0.3) is 0 Å². The van der Waals surface area contributed by atoms with E-state index in [2.05, 4.69) is 0 Å². The average molecular weight is 267 g/mol. The molecule has 0 radical (unpaired) electrons. The predicted molar refractivity (Wildman–Crippen MR) is 73.4 cm³/mol. The number of hydrogen-bond donors (Lipinski definition) is 2. The second-order valence-electron chi connectivity index (χ2n) is 4.79. The Bertz CT molecular complexity index is 430. The molecule has 3 N–H and O–H groups in total. The zero-order valence-electron chi connectivity index (χ0n) is 11.5. The van der Waals surface area contributed by atoms with E-state index in [9.17, 15) is 9.18 Å². The van der Waals surface area contributed by atoms with E-state index in [-0.39, 0.29) is 30.6 Å². The number of carbonyl (C=O) groups is 1. The number of nitrogens with two attached hydrogens (primary N) is 1. The van der Waals surface area contributed by atoms with Crippen LogP contribution in [0.5, 0.6) is 0 Å². The molecule has 0 saturated carbocycles. The van der Waals surface area contributed by atoms with Crippen molar-refractivity contribution in [3.63, 3.8) is 0 Å². The smallest absolute Gasteiger partial charge is 0.303 e. The normalized spacial score (nSPS) is 12.7. The molecule has 1 rings (SSSR count). The van der Waals surface area contributed by atoms with E-state index in [0.717, 1.165) is 18.4 Å². The highest BCUT2D eigenvalue weighted by molar-refractivity contribution is 5.68. The number of rotatable bonds is 7. The molecule has 0 bridgehead atoms. The first-order chi connectivity index (χ1) is 9.04. The van der Waals surface area contributed by atoms with Gasteiger partial charge in [0.1, 0.15) is 5.82 Å². The van der Waals surface area contributed by atoms with Gasteiger partial charge >= 0.3 is 5.97 Å². The summed E-state index contributed by atoms with van der Waals surface area (Å²) >= 11 is 0. The van der Waals surface area contributed by atoms with Crippen LogP contribution in [0, 0.1) is 11.7 Å². The molecule has 1 unspecified atom stereocenters. The Labute approximate surface area is 113 Å². The molecule has 0 aliphatic carbocycles. The van der Waals surface area contributed by atoms with E-state index in [0.29, 0.717) is 5.56 Å². The number of halogens is 1. The lowest BCUT2D eigenvalue weighted by atomic mass is 9.78. The van der Waals surface area contributed by atoms with Gasteiger partial charge in [-0.3, -0.25) is 4.79 Å². The zero-order valence-corrected chi connectivity index (χ0v) is 11.5. The average Bonchev–Trinajstić information content (AvgIpc) is 2.38. The molecular weight excluding hydrogens is 245 g/mol. The third-order valence-corrected chi connectivity index (χ3v) is 3.77. The van der Waals surface area contributed by atoms with Gasteiger partial charge in [0, 0.05) is 12.1 Å². The maximum Gasteiger partial charge on any atom is 0.303 e. The van der Waals surface area contributed by atoms with Crippen LogP contribution in [0.25, 0.3) is 0 Å². The molecule has 1 aromatic carbocycles. The van der Waals surface area contributed by atoms with Crippen molar-refractivity contribution in [3.8, 4) is 0 Å². The first kappa shape index (κ1) is 15.6. The Hall–Kier alpha value is -1.42. The van der Waals surface area contributed by atoms with Gasteiger partial charge in [-0.05, 0) is 23.5 Å². The van der Waals surface area contributed by atoms with Gasteiger partial charge in [-0.25, -0.2) is 4.39 Å². The number of aliphatic carboxylic acids is 1. The highest BCUT2D eigenvalue weighted by Crippen LogP contribution is 2.35. The lowest BCUT2D eigenvalue weighted by Gasteiger charge is -2.26. The summed E-state index contributed by atoms with van der Waals surface area (Å²) in [4.78, 5) is 11.1. The molecule has 106 valence electrons. The molecule has 4 heteroatoms. The van der Waals surface area contributed by atoms with Gasteiger partial charge in [0.05, 0.1) is 6.42 Å².